The lowest BCUT2D eigenvalue weighted by molar-refractivity contribution is -0.385. The minimum absolute atomic E-state index is 0. The molecule has 2 amide bonds. The summed E-state index contributed by atoms with van der Waals surface area (Å²) in [6, 6.07) is 11.7. The second-order valence-electron chi connectivity index (χ2n) is 12.5. The van der Waals surface area contributed by atoms with Gasteiger partial charge in [0.15, 0.2) is 23.4 Å². The molecule has 24 nitrogen and oxygen atoms in total. The van der Waals surface area contributed by atoms with Crippen LogP contribution in [-0.2, 0) is 53.9 Å². The van der Waals surface area contributed by atoms with Crippen molar-refractivity contribution < 1.29 is 83.2 Å². The van der Waals surface area contributed by atoms with Gasteiger partial charge in [-0.15, -0.1) is 0 Å². The average Bonchev–Trinajstić information content (AvgIpc) is 4.00. The molecule has 4 heterocycles. The zero-order valence-corrected chi connectivity index (χ0v) is 36.4. The summed E-state index contributed by atoms with van der Waals surface area (Å²) in [4.78, 5) is 62.7. The predicted octanol–water partition coefficient (Wildman–Crippen LogP) is 2.61. The van der Waals surface area contributed by atoms with Crippen molar-refractivity contribution in [1.82, 2.24) is 19.6 Å². The SMILES string of the molecule is C.COC1=C(O)C(=O)OC1C(O)CO.CON1C(=O)CCC1=O.COc1c(C)ncc(CO)c1CO.COc1ccc(C)cc1[N+](=O)[O-].COc1ccc(OON)cc1.Cn1ccnc1. The number of aromatic nitrogens is 3. The van der Waals surface area contributed by atoms with Gasteiger partial charge in [-0.2, -0.15) is 11.0 Å². The Balaban J connectivity index is 0.000000763. The molecular formula is C41H58N6O18. The number of rotatable bonds is 12. The maximum absolute atomic E-state index is 10.8. The number of imide groups is 1. The smallest absolute Gasteiger partial charge is 0.378 e. The van der Waals surface area contributed by atoms with Crippen molar-refractivity contribution in [2.45, 2.75) is 59.5 Å². The Labute approximate surface area is 374 Å². The van der Waals surface area contributed by atoms with E-state index in [9.17, 15) is 24.5 Å². The summed E-state index contributed by atoms with van der Waals surface area (Å²) in [5, 5.41) is 56.1. The van der Waals surface area contributed by atoms with Crippen LogP contribution in [0.4, 0.5) is 5.69 Å². The first-order chi connectivity index (χ1) is 30.5. The Bertz CT molecular complexity index is 2070. The van der Waals surface area contributed by atoms with Crippen molar-refractivity contribution in [1.29, 1.82) is 0 Å². The van der Waals surface area contributed by atoms with E-state index >= 15 is 0 Å². The largest absolute Gasteiger partial charge is 0.499 e. The van der Waals surface area contributed by atoms with E-state index in [-0.39, 0.29) is 56.7 Å². The number of aliphatic hydroxyl groups excluding tert-OH is 5. The fraction of sp³-hybridized carbons (Fsp3) is 0.390. The molecule has 6 rings (SSSR count). The summed E-state index contributed by atoms with van der Waals surface area (Å²) < 4.78 is 25.9. The number of nitro groups is 1. The molecule has 2 aromatic heterocycles. The maximum atomic E-state index is 10.8. The number of esters is 1. The molecule has 0 bridgehead atoms. The van der Waals surface area contributed by atoms with Gasteiger partial charge in [0, 0.05) is 55.7 Å². The standard InChI is InChI=1S/C9H13NO3.C8H9NO3.C7H9NO3.C7H10O6.C5H7NO3.C4H6N2.CH4/c1-6-9(13-2)8(5-12)7(4-11)3-10-6;1-6-3-4-8(12-2)7(5-6)9(10)11;1-9-6-2-4-7(5-3-6)10-11-8;1-12-6-4(10)7(11)13-5(6)3(9)2-8;1-9-6-4(7)2-3-5(6)8;1-6-3-2-5-4-6;/h3,11-12H,4-5H2,1-2H3;3-5H,1-2H3;2-5H,8H2,1H3;3,5,8-10H,2H2,1H3;2-3H2,1H3;2-4H,1H3;1H4. The second kappa shape index (κ2) is 31.0. The lowest BCUT2D eigenvalue weighted by Crippen LogP contribution is -2.32. The van der Waals surface area contributed by atoms with Gasteiger partial charge in [0.25, 0.3) is 11.8 Å². The van der Waals surface area contributed by atoms with Gasteiger partial charge in [0.2, 0.25) is 5.76 Å². The van der Waals surface area contributed by atoms with Gasteiger partial charge in [-0.3, -0.25) is 29.5 Å². The molecule has 7 N–H and O–H groups in total. The van der Waals surface area contributed by atoms with Gasteiger partial charge in [-0.1, -0.05) is 18.5 Å². The number of amides is 2. The summed E-state index contributed by atoms with van der Waals surface area (Å²) in [7, 11) is 9.00. The van der Waals surface area contributed by atoms with Crippen LogP contribution in [0.5, 0.6) is 23.0 Å². The predicted molar refractivity (Wildman–Crippen MR) is 228 cm³/mol. The van der Waals surface area contributed by atoms with E-state index in [0.717, 1.165) is 16.4 Å². The van der Waals surface area contributed by atoms with Crippen molar-refractivity contribution in [3.05, 3.63) is 111 Å². The number of hydroxylamine groups is 2. The van der Waals surface area contributed by atoms with Crippen molar-refractivity contribution in [3.8, 4) is 23.0 Å². The summed E-state index contributed by atoms with van der Waals surface area (Å²) >= 11 is 0. The highest BCUT2D eigenvalue weighted by molar-refractivity contribution is 6.00. The minimum Gasteiger partial charge on any atom is -0.499 e. The molecule has 0 radical (unpaired) electrons. The topological polar surface area (TPSA) is 329 Å². The molecule has 2 aromatic carbocycles. The third kappa shape index (κ3) is 18.8. The third-order valence-electron chi connectivity index (χ3n) is 8.17. The van der Waals surface area contributed by atoms with Gasteiger partial charge in [-0.25, -0.2) is 9.78 Å². The van der Waals surface area contributed by atoms with Crippen LogP contribution in [0.15, 0.2) is 78.9 Å². The first-order valence-corrected chi connectivity index (χ1v) is 18.5. The van der Waals surface area contributed by atoms with Gasteiger partial charge < -0.3 is 58.7 Å². The number of carbonyl (C=O) groups is 3. The zero-order chi connectivity index (χ0) is 48.4. The van der Waals surface area contributed by atoms with Gasteiger partial charge in [0.05, 0.1) is 72.3 Å². The van der Waals surface area contributed by atoms with E-state index in [1.165, 1.54) is 34.5 Å². The molecule has 2 atom stereocenters. The van der Waals surface area contributed by atoms with E-state index in [2.05, 4.69) is 40.1 Å². The van der Waals surface area contributed by atoms with Crippen LogP contribution >= 0.6 is 0 Å². The number of benzene rings is 2. The number of carbonyl (C=O) groups excluding carboxylic acids is 3. The van der Waals surface area contributed by atoms with Crippen LogP contribution in [0.1, 0.15) is 42.7 Å². The molecule has 0 aliphatic carbocycles. The first kappa shape index (κ1) is 58.1. The number of ether oxygens (including phenoxy) is 5. The van der Waals surface area contributed by atoms with Crippen molar-refractivity contribution in [2.75, 3.05) is 42.2 Å². The number of nitrogens with two attached hydrogens (primary N) is 1. The average molecular weight is 923 g/mol. The van der Waals surface area contributed by atoms with Crippen LogP contribution in [0.25, 0.3) is 0 Å². The first-order valence-electron chi connectivity index (χ1n) is 18.5. The Morgan fingerprint density at radius 3 is 1.94 bits per heavy atom. The summed E-state index contributed by atoms with van der Waals surface area (Å²) in [5.41, 5.74) is 2.78. The summed E-state index contributed by atoms with van der Waals surface area (Å²) in [6.07, 6.45) is 5.09. The second-order valence-corrected chi connectivity index (χ2v) is 12.5. The van der Waals surface area contributed by atoms with Gasteiger partial charge in [0.1, 0.15) is 17.6 Å². The number of aryl methyl sites for hydroxylation is 3. The molecule has 1 fully saturated rings. The number of nitrogens with zero attached hydrogens (tertiary/aromatic N) is 5. The van der Waals surface area contributed by atoms with Gasteiger partial charge >= 0.3 is 11.7 Å². The molecule has 4 aromatic rings. The van der Waals surface area contributed by atoms with Crippen LogP contribution < -0.4 is 25.0 Å². The molecule has 65 heavy (non-hydrogen) atoms. The number of imidazole rings is 1. The Kier molecular flexibility index (Phi) is 27.7. The lowest BCUT2D eigenvalue weighted by Gasteiger charge is -2.16. The summed E-state index contributed by atoms with van der Waals surface area (Å²) in [5.74, 6) is 4.53. The number of cyclic esters (lactones) is 1. The maximum Gasteiger partial charge on any atom is 0.378 e. The van der Waals surface area contributed by atoms with Crippen LogP contribution in [0.3, 0.4) is 0 Å². The van der Waals surface area contributed by atoms with E-state index in [1.54, 1.807) is 76.1 Å². The Morgan fingerprint density at radius 1 is 0.923 bits per heavy atom. The van der Waals surface area contributed by atoms with E-state index in [1.807, 2.05) is 17.8 Å². The minimum atomic E-state index is -1.29. The van der Waals surface area contributed by atoms with Crippen molar-refractivity contribution in [2.24, 2.45) is 12.9 Å². The highest BCUT2D eigenvalue weighted by atomic mass is 17.3. The van der Waals surface area contributed by atoms with Crippen LogP contribution in [0.2, 0.25) is 0 Å². The number of hydrogen-bond acceptors (Lipinski definition) is 21. The molecule has 2 aliphatic heterocycles. The number of methoxy groups -OCH3 is 4. The molecule has 2 unspecified atom stereocenters. The normalized spacial score (nSPS) is 13.8. The number of aliphatic hydroxyl groups is 5. The Hall–Kier alpha value is -6.93. The molecule has 24 heteroatoms. The Morgan fingerprint density at radius 2 is 1.54 bits per heavy atom. The fourth-order valence-corrected chi connectivity index (χ4v) is 4.99. The van der Waals surface area contributed by atoms with E-state index < -0.39 is 35.5 Å². The monoisotopic (exact) mass is 922 g/mol. The van der Waals surface area contributed by atoms with Gasteiger partial charge in [-0.05, 0) is 49.7 Å². The lowest BCUT2D eigenvalue weighted by atomic mass is 10.1. The van der Waals surface area contributed by atoms with E-state index in [4.69, 9.17) is 39.7 Å². The third-order valence-corrected chi connectivity index (χ3v) is 8.17. The zero-order valence-electron chi connectivity index (χ0n) is 36.4. The molecule has 1 saturated heterocycles. The van der Waals surface area contributed by atoms with E-state index in [0.29, 0.717) is 34.1 Å². The van der Waals surface area contributed by atoms with Crippen LogP contribution in [0, 0.1) is 24.0 Å². The van der Waals surface area contributed by atoms with Crippen molar-refractivity contribution in [3.63, 3.8) is 0 Å². The number of nitro benzene ring substituents is 1. The molecular weight excluding hydrogens is 864 g/mol. The highest BCUT2D eigenvalue weighted by Crippen LogP contribution is 2.27. The number of hydrogen-bond donors (Lipinski definition) is 6. The molecule has 360 valence electrons. The van der Waals surface area contributed by atoms with Crippen molar-refractivity contribution >= 4 is 23.5 Å². The summed E-state index contributed by atoms with van der Waals surface area (Å²) in [6.45, 7) is 2.71. The fourth-order valence-electron chi connectivity index (χ4n) is 4.99. The van der Waals surface area contributed by atoms with Crippen LogP contribution in [-0.4, -0.2) is 122 Å². The molecule has 2 aliphatic rings. The highest BCUT2D eigenvalue weighted by Gasteiger charge is 2.40. The quantitative estimate of drug-likeness (QED) is 0.0391. The molecule has 0 spiro atoms. The number of pyridine rings is 1. The molecule has 0 saturated carbocycles.